The molecule has 2 aromatic heterocycles. The van der Waals surface area contributed by atoms with Gasteiger partial charge in [-0.15, -0.1) is 11.3 Å². The molecule has 88 valence electrons. The number of rotatable bonds is 3. The number of Topliss-reactive ketones (excluding diaryl/α,β-unsaturated/α-hetero) is 1. The number of ketones is 1. The van der Waals surface area contributed by atoms with Crippen LogP contribution in [-0.4, -0.2) is 10.4 Å². The second kappa shape index (κ2) is 5.29. The molecule has 0 amide bonds. The average Bonchev–Trinajstić information content (AvgIpc) is 2.72. The Morgan fingerprint density at radius 2 is 2.06 bits per heavy atom. The largest absolute Gasteiger partial charge is 0.307 e. The van der Waals surface area contributed by atoms with E-state index in [2.05, 4.69) is 31.9 Å². The lowest BCUT2D eigenvalue weighted by atomic mass is 10.3. The molecule has 0 unspecified atom stereocenters. The van der Waals surface area contributed by atoms with E-state index >= 15 is 0 Å². The highest BCUT2D eigenvalue weighted by Gasteiger charge is 2.10. The summed E-state index contributed by atoms with van der Waals surface area (Å²) in [5.41, 5.74) is -0.198. The van der Waals surface area contributed by atoms with Gasteiger partial charge in [-0.1, -0.05) is 0 Å². The molecule has 0 aliphatic rings. The van der Waals surface area contributed by atoms with Crippen molar-refractivity contribution in [3.63, 3.8) is 0 Å². The van der Waals surface area contributed by atoms with Crippen LogP contribution in [0.25, 0.3) is 0 Å². The Kier molecular flexibility index (Phi) is 3.96. The summed E-state index contributed by atoms with van der Waals surface area (Å²) in [5.74, 6) is -0.0686. The fourth-order valence-corrected chi connectivity index (χ4v) is 3.03. The first-order chi connectivity index (χ1) is 8.08. The Bertz CT molecular complexity index is 618. The van der Waals surface area contributed by atoms with Crippen molar-refractivity contribution in [1.29, 1.82) is 0 Å². The van der Waals surface area contributed by atoms with E-state index in [0.717, 1.165) is 3.79 Å². The average molecular weight is 377 g/mol. The first-order valence-electron chi connectivity index (χ1n) is 4.71. The number of nitrogens with zero attached hydrogens (tertiary/aromatic N) is 1. The lowest BCUT2D eigenvalue weighted by Crippen LogP contribution is -2.23. The van der Waals surface area contributed by atoms with Gasteiger partial charge in [0.25, 0.3) is 5.56 Å². The van der Waals surface area contributed by atoms with E-state index in [9.17, 15) is 9.59 Å². The Balaban J connectivity index is 2.25. The summed E-state index contributed by atoms with van der Waals surface area (Å²) < 4.78 is 2.75. The van der Waals surface area contributed by atoms with Crippen LogP contribution < -0.4 is 5.56 Å². The maximum absolute atomic E-state index is 11.9. The second-order valence-corrected chi connectivity index (χ2v) is 6.63. The fraction of sp³-hybridized carbons (Fsp3) is 0.0909. The quantitative estimate of drug-likeness (QED) is 0.771. The van der Waals surface area contributed by atoms with E-state index in [-0.39, 0.29) is 17.9 Å². The fourth-order valence-electron chi connectivity index (χ4n) is 1.33. The lowest BCUT2D eigenvalue weighted by molar-refractivity contribution is 0.0974. The minimum Gasteiger partial charge on any atom is -0.307 e. The molecule has 0 saturated carbocycles. The monoisotopic (exact) mass is 375 g/mol. The third-order valence-corrected chi connectivity index (χ3v) is 4.40. The highest BCUT2D eigenvalue weighted by Crippen LogP contribution is 2.22. The summed E-state index contributed by atoms with van der Waals surface area (Å²) in [7, 11) is 0. The number of hydrogen-bond donors (Lipinski definition) is 0. The Labute approximate surface area is 118 Å². The number of hydrogen-bond acceptors (Lipinski definition) is 3. The van der Waals surface area contributed by atoms with Gasteiger partial charge in [-0.25, -0.2) is 0 Å². The summed E-state index contributed by atoms with van der Waals surface area (Å²) in [6.45, 7) is 0.0607. The molecule has 0 N–H and O–H groups in total. The third kappa shape index (κ3) is 2.94. The van der Waals surface area contributed by atoms with Gasteiger partial charge in [-0.05, 0) is 56.1 Å². The van der Waals surface area contributed by atoms with Crippen LogP contribution in [0.3, 0.4) is 0 Å². The molecule has 2 aromatic rings. The Morgan fingerprint density at radius 1 is 1.29 bits per heavy atom. The van der Waals surface area contributed by atoms with E-state index in [1.807, 2.05) is 6.07 Å². The van der Waals surface area contributed by atoms with E-state index < -0.39 is 0 Å². The molecule has 0 fully saturated rings. The van der Waals surface area contributed by atoms with Crippen molar-refractivity contribution in [1.82, 2.24) is 4.57 Å². The zero-order chi connectivity index (χ0) is 12.4. The van der Waals surface area contributed by atoms with E-state index in [0.29, 0.717) is 9.35 Å². The predicted octanol–water partition coefficient (Wildman–Crippen LogP) is 3.32. The van der Waals surface area contributed by atoms with Crippen molar-refractivity contribution in [3.8, 4) is 0 Å². The molecule has 6 heteroatoms. The van der Waals surface area contributed by atoms with Gasteiger partial charge in [-0.2, -0.15) is 0 Å². The van der Waals surface area contributed by atoms with E-state index in [1.54, 1.807) is 24.4 Å². The molecule has 0 bridgehead atoms. The van der Waals surface area contributed by atoms with Crippen molar-refractivity contribution in [2.75, 3.05) is 0 Å². The molecular weight excluding hydrogens is 370 g/mol. The summed E-state index contributed by atoms with van der Waals surface area (Å²) in [5, 5.41) is 0. The van der Waals surface area contributed by atoms with Crippen LogP contribution in [0, 0.1) is 0 Å². The molecule has 2 heterocycles. The van der Waals surface area contributed by atoms with Gasteiger partial charge in [0.05, 0.1) is 19.7 Å². The van der Waals surface area contributed by atoms with Crippen LogP contribution in [0.1, 0.15) is 9.67 Å². The highest BCUT2D eigenvalue weighted by atomic mass is 79.9. The van der Waals surface area contributed by atoms with Gasteiger partial charge < -0.3 is 4.57 Å². The van der Waals surface area contributed by atoms with Crippen LogP contribution in [0.4, 0.5) is 0 Å². The number of aromatic nitrogens is 1. The smallest absolute Gasteiger partial charge is 0.265 e. The minimum atomic E-state index is -0.198. The van der Waals surface area contributed by atoms with Crippen LogP contribution in [0.2, 0.25) is 0 Å². The molecule has 17 heavy (non-hydrogen) atoms. The Hall–Kier alpha value is -0.720. The standard InChI is InChI=1S/C11H7Br2NO2S/c12-7-2-1-5-14(11(7)16)6-8(15)9-3-4-10(13)17-9/h1-5H,6H2. The molecule has 3 nitrogen and oxygen atoms in total. The van der Waals surface area contributed by atoms with Gasteiger partial charge in [0.1, 0.15) is 0 Å². The lowest BCUT2D eigenvalue weighted by Gasteiger charge is -2.03. The second-order valence-electron chi connectivity index (χ2n) is 3.32. The third-order valence-electron chi connectivity index (χ3n) is 2.14. The topological polar surface area (TPSA) is 39.1 Å². The van der Waals surface area contributed by atoms with Crippen LogP contribution in [-0.2, 0) is 6.54 Å². The molecule has 0 aliphatic heterocycles. The Morgan fingerprint density at radius 3 is 2.71 bits per heavy atom. The van der Waals surface area contributed by atoms with Gasteiger partial charge in [0.15, 0.2) is 5.78 Å². The summed E-state index contributed by atoms with van der Waals surface area (Å²) in [6, 6.07) is 6.95. The van der Waals surface area contributed by atoms with Crippen molar-refractivity contribution in [2.45, 2.75) is 6.54 Å². The number of halogens is 2. The molecule has 0 saturated heterocycles. The normalized spacial score (nSPS) is 10.5. The molecule has 0 aliphatic carbocycles. The highest BCUT2D eigenvalue weighted by molar-refractivity contribution is 9.11. The van der Waals surface area contributed by atoms with Crippen LogP contribution >= 0.6 is 43.2 Å². The molecule has 0 radical (unpaired) electrons. The summed E-state index contributed by atoms with van der Waals surface area (Å²) in [6.07, 6.45) is 1.60. The minimum absolute atomic E-state index is 0.0607. The zero-order valence-electron chi connectivity index (χ0n) is 8.52. The van der Waals surface area contributed by atoms with Crippen molar-refractivity contribution >= 4 is 49.0 Å². The van der Waals surface area contributed by atoms with Gasteiger partial charge in [0.2, 0.25) is 0 Å². The molecule has 0 aromatic carbocycles. The van der Waals surface area contributed by atoms with E-state index in [1.165, 1.54) is 15.9 Å². The van der Waals surface area contributed by atoms with Gasteiger partial charge >= 0.3 is 0 Å². The van der Waals surface area contributed by atoms with Crippen molar-refractivity contribution in [2.24, 2.45) is 0 Å². The molecule has 2 rings (SSSR count). The first-order valence-corrected chi connectivity index (χ1v) is 7.11. The maximum Gasteiger partial charge on any atom is 0.265 e. The number of carbonyl (C=O) groups is 1. The summed E-state index contributed by atoms with van der Waals surface area (Å²) in [4.78, 5) is 24.2. The predicted molar refractivity (Wildman–Crippen MR) is 74.8 cm³/mol. The number of pyridine rings is 1. The van der Waals surface area contributed by atoms with Crippen LogP contribution in [0.15, 0.2) is 43.5 Å². The van der Waals surface area contributed by atoms with Gasteiger partial charge in [-0.3, -0.25) is 9.59 Å². The summed E-state index contributed by atoms with van der Waals surface area (Å²) >= 11 is 7.81. The molecule has 0 atom stereocenters. The first kappa shape index (κ1) is 12.7. The van der Waals surface area contributed by atoms with Gasteiger partial charge in [0, 0.05) is 6.20 Å². The van der Waals surface area contributed by atoms with Crippen LogP contribution in [0.5, 0.6) is 0 Å². The molecule has 0 spiro atoms. The molecular formula is C11H7Br2NO2S. The van der Waals surface area contributed by atoms with Crippen molar-refractivity contribution < 1.29 is 4.79 Å². The number of carbonyl (C=O) groups excluding carboxylic acids is 1. The number of thiophene rings is 1. The zero-order valence-corrected chi connectivity index (χ0v) is 12.5. The van der Waals surface area contributed by atoms with Crippen molar-refractivity contribution in [3.05, 3.63) is 54.0 Å². The maximum atomic E-state index is 11.9. The van der Waals surface area contributed by atoms with E-state index in [4.69, 9.17) is 0 Å². The SMILES string of the molecule is O=C(Cn1cccc(Br)c1=O)c1ccc(Br)s1.